The molecule has 1 saturated heterocycles. The van der Waals surface area contributed by atoms with Crippen LogP contribution in [0.5, 0.6) is 0 Å². The largest absolute Gasteiger partial charge is 0.374 e. The quantitative estimate of drug-likeness (QED) is 0.701. The van der Waals surface area contributed by atoms with Crippen LogP contribution in [0.15, 0.2) is 12.3 Å². The van der Waals surface area contributed by atoms with E-state index in [0.717, 1.165) is 13.1 Å². The van der Waals surface area contributed by atoms with E-state index in [9.17, 15) is 4.79 Å². The van der Waals surface area contributed by atoms with Crippen LogP contribution >= 0.6 is 0 Å². The number of rotatable bonds is 3. The van der Waals surface area contributed by atoms with Crippen molar-refractivity contribution in [3.63, 3.8) is 0 Å². The van der Waals surface area contributed by atoms with Gasteiger partial charge in [0.05, 0.1) is 12.7 Å². The average Bonchev–Trinajstić information content (AvgIpc) is 2.74. The maximum Gasteiger partial charge on any atom is 0.271 e. The molecule has 1 atom stereocenters. The lowest BCUT2D eigenvalue weighted by Gasteiger charge is -2.23. The third-order valence-corrected chi connectivity index (χ3v) is 2.44. The van der Waals surface area contributed by atoms with Gasteiger partial charge in [0.15, 0.2) is 0 Å². The van der Waals surface area contributed by atoms with Crippen LogP contribution in [0.4, 0.5) is 0 Å². The van der Waals surface area contributed by atoms with Gasteiger partial charge in [-0.25, -0.2) is 0 Å². The molecule has 1 unspecified atom stereocenters. The van der Waals surface area contributed by atoms with E-state index in [4.69, 9.17) is 4.74 Å². The topological polar surface area (TPSA) is 68.2 Å². The zero-order valence-electron chi connectivity index (χ0n) is 9.27. The fourth-order valence-electron chi connectivity index (χ4n) is 1.58. The highest BCUT2D eigenvalue weighted by atomic mass is 16.5. The summed E-state index contributed by atoms with van der Waals surface area (Å²) in [6.45, 7) is 2.87. The van der Waals surface area contributed by atoms with Gasteiger partial charge in [0.1, 0.15) is 5.69 Å². The molecule has 2 heterocycles. The number of aromatic nitrogens is 2. The molecule has 0 aliphatic carbocycles. The molecule has 16 heavy (non-hydrogen) atoms. The van der Waals surface area contributed by atoms with E-state index in [2.05, 4.69) is 15.7 Å². The Bertz CT molecular complexity index is 357. The Kier molecular flexibility index (Phi) is 3.53. The van der Waals surface area contributed by atoms with E-state index < -0.39 is 0 Å². The summed E-state index contributed by atoms with van der Waals surface area (Å²) in [7, 11) is 1.78. The number of amides is 1. The molecule has 6 nitrogen and oxygen atoms in total. The summed E-state index contributed by atoms with van der Waals surface area (Å²) in [5.74, 6) is -0.158. The molecule has 0 radical (unpaired) electrons. The maximum absolute atomic E-state index is 11.6. The van der Waals surface area contributed by atoms with Crippen LogP contribution in [0.25, 0.3) is 0 Å². The van der Waals surface area contributed by atoms with Gasteiger partial charge < -0.3 is 15.4 Å². The standard InChI is InChI=1S/C10H16N4O2/c1-14-4-2-9(13-14)10(15)12-7-8-6-11-3-5-16-8/h2,4,8,11H,3,5-7H2,1H3,(H,12,15). The van der Waals surface area contributed by atoms with Gasteiger partial charge in [0.25, 0.3) is 5.91 Å². The highest BCUT2D eigenvalue weighted by molar-refractivity contribution is 5.92. The molecule has 0 bridgehead atoms. The van der Waals surface area contributed by atoms with Crippen molar-refractivity contribution in [2.45, 2.75) is 6.10 Å². The first kappa shape index (κ1) is 11.1. The summed E-state index contributed by atoms with van der Waals surface area (Å²) in [5, 5.41) is 10.0. The van der Waals surface area contributed by atoms with Gasteiger partial charge in [-0.2, -0.15) is 5.10 Å². The molecule has 1 fully saturated rings. The van der Waals surface area contributed by atoms with E-state index in [1.54, 1.807) is 24.0 Å². The minimum Gasteiger partial charge on any atom is -0.374 e. The van der Waals surface area contributed by atoms with Crippen LogP contribution in [0.2, 0.25) is 0 Å². The van der Waals surface area contributed by atoms with Gasteiger partial charge >= 0.3 is 0 Å². The molecular formula is C10H16N4O2. The molecular weight excluding hydrogens is 208 g/mol. The highest BCUT2D eigenvalue weighted by Gasteiger charge is 2.15. The van der Waals surface area contributed by atoms with Gasteiger partial charge in [-0.3, -0.25) is 9.48 Å². The normalized spacial score (nSPS) is 20.7. The van der Waals surface area contributed by atoms with Crippen molar-refractivity contribution in [2.75, 3.05) is 26.2 Å². The van der Waals surface area contributed by atoms with E-state index >= 15 is 0 Å². The Labute approximate surface area is 94.0 Å². The molecule has 2 rings (SSSR count). The predicted octanol–water partition coefficient (Wildman–Crippen LogP) is -0.862. The van der Waals surface area contributed by atoms with Crippen LogP contribution in [-0.2, 0) is 11.8 Å². The number of morpholine rings is 1. The summed E-state index contributed by atoms with van der Waals surface area (Å²) in [6, 6.07) is 1.69. The number of hydrogen-bond donors (Lipinski definition) is 2. The molecule has 0 spiro atoms. The Morgan fingerprint density at radius 1 is 1.81 bits per heavy atom. The van der Waals surface area contributed by atoms with Crippen molar-refractivity contribution in [1.82, 2.24) is 20.4 Å². The van der Waals surface area contributed by atoms with Crippen LogP contribution in [0.1, 0.15) is 10.5 Å². The van der Waals surface area contributed by atoms with Crippen molar-refractivity contribution in [3.05, 3.63) is 18.0 Å². The summed E-state index contributed by atoms with van der Waals surface area (Å²) in [4.78, 5) is 11.6. The van der Waals surface area contributed by atoms with E-state index in [1.165, 1.54) is 0 Å². The van der Waals surface area contributed by atoms with Crippen molar-refractivity contribution >= 4 is 5.91 Å². The molecule has 1 aliphatic rings. The zero-order valence-corrected chi connectivity index (χ0v) is 9.27. The Balaban J connectivity index is 1.79. The minimum absolute atomic E-state index is 0.0569. The number of nitrogens with one attached hydrogen (secondary N) is 2. The van der Waals surface area contributed by atoms with E-state index in [1.807, 2.05) is 0 Å². The Hall–Kier alpha value is -1.40. The first-order valence-electron chi connectivity index (χ1n) is 5.36. The SMILES string of the molecule is Cn1ccc(C(=O)NCC2CNCCO2)n1. The second-order valence-electron chi connectivity index (χ2n) is 3.78. The minimum atomic E-state index is -0.158. The number of nitrogens with zero attached hydrogens (tertiary/aromatic N) is 2. The first-order chi connectivity index (χ1) is 7.75. The van der Waals surface area contributed by atoms with Crippen LogP contribution in [0, 0.1) is 0 Å². The molecule has 1 amide bonds. The molecule has 6 heteroatoms. The Morgan fingerprint density at radius 2 is 2.69 bits per heavy atom. The Morgan fingerprint density at radius 3 is 3.31 bits per heavy atom. The van der Waals surface area contributed by atoms with Crippen LogP contribution < -0.4 is 10.6 Å². The molecule has 2 N–H and O–H groups in total. The molecule has 0 saturated carbocycles. The summed E-state index contributed by atoms with van der Waals surface area (Å²) >= 11 is 0. The van der Waals surface area contributed by atoms with Crippen molar-refractivity contribution in [3.8, 4) is 0 Å². The smallest absolute Gasteiger partial charge is 0.271 e. The van der Waals surface area contributed by atoms with E-state index in [-0.39, 0.29) is 12.0 Å². The fraction of sp³-hybridized carbons (Fsp3) is 0.600. The van der Waals surface area contributed by atoms with Crippen LogP contribution in [-0.4, -0.2) is 48.0 Å². The maximum atomic E-state index is 11.6. The third kappa shape index (κ3) is 2.80. The summed E-state index contributed by atoms with van der Waals surface area (Å²) < 4.78 is 7.07. The average molecular weight is 224 g/mol. The number of aryl methyl sites for hydroxylation is 1. The molecule has 0 aromatic carbocycles. The number of ether oxygens (including phenoxy) is 1. The van der Waals surface area contributed by atoms with Gasteiger partial charge in [0, 0.05) is 32.9 Å². The summed E-state index contributed by atoms with van der Waals surface area (Å²) in [6.07, 6.45) is 1.80. The second kappa shape index (κ2) is 5.09. The van der Waals surface area contributed by atoms with Gasteiger partial charge in [-0.05, 0) is 6.07 Å². The van der Waals surface area contributed by atoms with E-state index in [0.29, 0.717) is 18.8 Å². The molecule has 1 aromatic heterocycles. The molecule has 1 aromatic rings. The number of hydrogen-bond acceptors (Lipinski definition) is 4. The van der Waals surface area contributed by atoms with Gasteiger partial charge in [0.2, 0.25) is 0 Å². The zero-order chi connectivity index (χ0) is 11.4. The van der Waals surface area contributed by atoms with Gasteiger partial charge in [-0.1, -0.05) is 0 Å². The van der Waals surface area contributed by atoms with Crippen LogP contribution in [0.3, 0.4) is 0 Å². The lowest BCUT2D eigenvalue weighted by atomic mass is 10.3. The summed E-state index contributed by atoms with van der Waals surface area (Å²) in [5.41, 5.74) is 0.436. The number of carbonyl (C=O) groups excluding carboxylic acids is 1. The van der Waals surface area contributed by atoms with Crippen molar-refractivity contribution in [2.24, 2.45) is 7.05 Å². The van der Waals surface area contributed by atoms with Crippen molar-refractivity contribution < 1.29 is 9.53 Å². The van der Waals surface area contributed by atoms with Crippen molar-refractivity contribution in [1.29, 1.82) is 0 Å². The lowest BCUT2D eigenvalue weighted by Crippen LogP contribution is -2.45. The lowest BCUT2D eigenvalue weighted by molar-refractivity contribution is 0.0286. The fourth-order valence-corrected chi connectivity index (χ4v) is 1.58. The first-order valence-corrected chi connectivity index (χ1v) is 5.36. The highest BCUT2D eigenvalue weighted by Crippen LogP contribution is 1.97. The monoisotopic (exact) mass is 224 g/mol. The third-order valence-electron chi connectivity index (χ3n) is 2.44. The number of carbonyl (C=O) groups is 1. The molecule has 88 valence electrons. The second-order valence-corrected chi connectivity index (χ2v) is 3.78. The molecule has 1 aliphatic heterocycles. The predicted molar refractivity (Wildman–Crippen MR) is 58.2 cm³/mol. The van der Waals surface area contributed by atoms with Gasteiger partial charge in [-0.15, -0.1) is 0 Å².